The number of nitro benzene ring substituents is 1. The summed E-state index contributed by atoms with van der Waals surface area (Å²) < 4.78 is 7.36. The number of nitrogens with one attached hydrogen (secondary N) is 1. The Hall–Kier alpha value is -4.01. The van der Waals surface area contributed by atoms with Crippen LogP contribution in [0.5, 0.6) is 5.75 Å². The number of hydrogen-bond donors (Lipinski definition) is 1. The van der Waals surface area contributed by atoms with Gasteiger partial charge >= 0.3 is 0 Å². The molecule has 0 saturated carbocycles. The summed E-state index contributed by atoms with van der Waals surface area (Å²) in [5.41, 5.74) is 2.28. The van der Waals surface area contributed by atoms with E-state index in [2.05, 4.69) is 10.1 Å². The van der Waals surface area contributed by atoms with E-state index in [1.54, 1.807) is 18.2 Å². The molecule has 1 N–H and O–H groups in total. The van der Waals surface area contributed by atoms with Crippen molar-refractivity contribution >= 4 is 16.7 Å². The predicted molar refractivity (Wildman–Crippen MR) is 126 cm³/mol. The van der Waals surface area contributed by atoms with Crippen LogP contribution in [0.1, 0.15) is 37.9 Å². The Morgan fingerprint density at radius 3 is 2.61 bits per heavy atom. The second-order valence-corrected chi connectivity index (χ2v) is 7.70. The van der Waals surface area contributed by atoms with Crippen LogP contribution in [-0.4, -0.2) is 31.3 Å². The first-order valence-corrected chi connectivity index (χ1v) is 11.0. The second-order valence-electron chi connectivity index (χ2n) is 7.70. The fraction of sp³-hybridized carbons (Fsp3) is 0.292. The summed E-state index contributed by atoms with van der Waals surface area (Å²) in [5, 5.41) is 16.1. The Kier molecular flexibility index (Phi) is 6.48. The van der Waals surface area contributed by atoms with E-state index in [1.807, 2.05) is 38.1 Å². The van der Waals surface area contributed by atoms with Gasteiger partial charge in [-0.25, -0.2) is 4.98 Å². The fourth-order valence-electron chi connectivity index (χ4n) is 3.78. The van der Waals surface area contributed by atoms with Crippen LogP contribution in [0, 0.1) is 10.1 Å². The molecule has 33 heavy (non-hydrogen) atoms. The lowest BCUT2D eigenvalue weighted by Crippen LogP contribution is -2.15. The molecule has 4 aromatic rings. The van der Waals surface area contributed by atoms with Crippen LogP contribution in [-0.2, 0) is 13.0 Å². The minimum atomic E-state index is -0.429. The molecule has 0 aliphatic rings. The summed E-state index contributed by atoms with van der Waals surface area (Å²) in [6, 6.07) is 13.9. The van der Waals surface area contributed by atoms with Crippen molar-refractivity contribution in [1.29, 1.82) is 0 Å². The molecule has 0 spiro atoms. The number of aromatic amines is 1. The fourth-order valence-corrected chi connectivity index (χ4v) is 3.78. The maximum atomic E-state index is 13.2. The summed E-state index contributed by atoms with van der Waals surface area (Å²) in [6.07, 6.45) is 2.30. The summed E-state index contributed by atoms with van der Waals surface area (Å²) in [7, 11) is 0. The van der Waals surface area contributed by atoms with E-state index in [-0.39, 0.29) is 17.8 Å². The molecular formula is C24H25N5O4. The van der Waals surface area contributed by atoms with E-state index in [9.17, 15) is 14.9 Å². The highest BCUT2D eigenvalue weighted by Crippen LogP contribution is 2.29. The van der Waals surface area contributed by atoms with Gasteiger partial charge in [-0.15, -0.1) is 0 Å². The van der Waals surface area contributed by atoms with E-state index < -0.39 is 4.92 Å². The highest BCUT2D eigenvalue weighted by molar-refractivity contribution is 5.80. The number of aromatic nitrogens is 4. The minimum Gasteiger partial charge on any atom is -0.493 e. The van der Waals surface area contributed by atoms with Crippen LogP contribution in [0.4, 0.5) is 5.69 Å². The van der Waals surface area contributed by atoms with Gasteiger partial charge in [-0.2, -0.15) is 5.10 Å². The molecule has 0 bridgehead atoms. The molecule has 0 aliphatic heterocycles. The lowest BCUT2D eigenvalue weighted by atomic mass is 10.1. The number of fused-ring (bicyclic) bond motifs is 1. The third-order valence-corrected chi connectivity index (χ3v) is 5.27. The number of rotatable bonds is 9. The molecule has 2 heterocycles. The molecule has 0 amide bonds. The molecule has 9 nitrogen and oxygen atoms in total. The smallest absolute Gasteiger partial charge is 0.277 e. The molecule has 0 atom stereocenters. The van der Waals surface area contributed by atoms with Gasteiger partial charge in [0.2, 0.25) is 0 Å². The number of H-pyrrole nitrogens is 1. The Morgan fingerprint density at radius 1 is 1.09 bits per heavy atom. The number of para-hydroxylation sites is 2. The Bertz CT molecular complexity index is 1360. The molecule has 0 radical (unpaired) electrons. The highest BCUT2D eigenvalue weighted by atomic mass is 16.6. The first-order valence-electron chi connectivity index (χ1n) is 11.0. The number of nitro groups is 1. The largest absolute Gasteiger partial charge is 0.493 e. The van der Waals surface area contributed by atoms with Crippen molar-refractivity contribution in [2.45, 2.75) is 39.7 Å². The third-order valence-electron chi connectivity index (χ3n) is 5.27. The van der Waals surface area contributed by atoms with E-state index in [4.69, 9.17) is 9.72 Å². The Balaban J connectivity index is 1.85. The van der Waals surface area contributed by atoms with Crippen LogP contribution in [0.3, 0.4) is 0 Å². The quantitative estimate of drug-likeness (QED) is 0.299. The SMILES string of the molecule is CCCOc1ccccc1-c1nc2c(CCC)nn(Cc3ccccc3[N+](=O)[O-])c2c(=O)[nH]1. The summed E-state index contributed by atoms with van der Waals surface area (Å²) in [6.45, 7) is 4.70. The van der Waals surface area contributed by atoms with Gasteiger partial charge in [-0.1, -0.05) is 50.6 Å². The zero-order valence-electron chi connectivity index (χ0n) is 18.6. The molecule has 9 heteroatoms. The Morgan fingerprint density at radius 2 is 1.85 bits per heavy atom. The number of nitrogens with zero attached hydrogens (tertiary/aromatic N) is 4. The molecule has 2 aromatic heterocycles. The van der Waals surface area contributed by atoms with Gasteiger partial charge in [0.25, 0.3) is 11.2 Å². The first kappa shape index (κ1) is 22.2. The number of ether oxygens (including phenoxy) is 1. The van der Waals surface area contributed by atoms with E-state index >= 15 is 0 Å². The molecule has 0 saturated heterocycles. The standard InChI is InChI=1S/C24H25N5O4/c1-3-9-18-21-22(28(27-18)15-16-10-5-7-12-19(16)29(31)32)24(30)26-23(25-21)17-11-6-8-13-20(17)33-14-4-2/h5-8,10-13H,3-4,9,14-15H2,1-2H3,(H,25,26,30). The average molecular weight is 447 g/mol. The van der Waals surface area contributed by atoms with Crippen LogP contribution in [0.2, 0.25) is 0 Å². The van der Waals surface area contributed by atoms with E-state index in [0.29, 0.717) is 52.5 Å². The predicted octanol–water partition coefficient (Wildman–Crippen LogP) is 4.48. The zero-order chi connectivity index (χ0) is 23.4. The lowest BCUT2D eigenvalue weighted by Gasteiger charge is -2.10. The monoisotopic (exact) mass is 447 g/mol. The van der Waals surface area contributed by atoms with Crippen molar-refractivity contribution in [1.82, 2.24) is 19.7 Å². The molecule has 2 aromatic carbocycles. The average Bonchev–Trinajstić information content (AvgIpc) is 3.15. The normalized spacial score (nSPS) is 11.1. The first-order chi connectivity index (χ1) is 16.0. The number of hydrogen-bond acceptors (Lipinski definition) is 6. The van der Waals surface area contributed by atoms with Crippen molar-refractivity contribution in [2.24, 2.45) is 0 Å². The number of aryl methyl sites for hydroxylation is 1. The molecule has 0 unspecified atom stereocenters. The molecule has 170 valence electrons. The summed E-state index contributed by atoms with van der Waals surface area (Å²) >= 11 is 0. The van der Waals surface area contributed by atoms with Crippen LogP contribution >= 0.6 is 0 Å². The number of benzene rings is 2. The van der Waals surface area contributed by atoms with Gasteiger partial charge in [-0.05, 0) is 25.0 Å². The summed E-state index contributed by atoms with van der Waals surface area (Å²) in [5.74, 6) is 1.05. The molecule has 0 fully saturated rings. The topological polar surface area (TPSA) is 116 Å². The van der Waals surface area contributed by atoms with Crippen LogP contribution < -0.4 is 10.3 Å². The minimum absolute atomic E-state index is 0.0128. The second kappa shape index (κ2) is 9.64. The highest BCUT2D eigenvalue weighted by Gasteiger charge is 2.21. The van der Waals surface area contributed by atoms with Gasteiger partial charge in [0, 0.05) is 6.07 Å². The van der Waals surface area contributed by atoms with Gasteiger partial charge in [0.05, 0.1) is 34.9 Å². The lowest BCUT2D eigenvalue weighted by molar-refractivity contribution is -0.385. The van der Waals surface area contributed by atoms with E-state index in [1.165, 1.54) is 10.7 Å². The van der Waals surface area contributed by atoms with Crippen LogP contribution in [0.15, 0.2) is 53.3 Å². The van der Waals surface area contributed by atoms with Crippen molar-refractivity contribution in [3.63, 3.8) is 0 Å². The van der Waals surface area contributed by atoms with E-state index in [0.717, 1.165) is 12.8 Å². The van der Waals surface area contributed by atoms with Gasteiger partial charge in [-0.3, -0.25) is 19.6 Å². The third kappa shape index (κ3) is 4.48. The molecular weight excluding hydrogens is 422 g/mol. The molecule has 4 rings (SSSR count). The van der Waals surface area contributed by atoms with Crippen LogP contribution in [0.25, 0.3) is 22.4 Å². The maximum absolute atomic E-state index is 13.2. The molecule has 0 aliphatic carbocycles. The van der Waals surface area contributed by atoms with Crippen molar-refractivity contribution in [2.75, 3.05) is 6.61 Å². The van der Waals surface area contributed by atoms with Gasteiger partial charge in [0.1, 0.15) is 17.1 Å². The van der Waals surface area contributed by atoms with Gasteiger partial charge in [0.15, 0.2) is 5.52 Å². The van der Waals surface area contributed by atoms with Gasteiger partial charge < -0.3 is 9.72 Å². The van der Waals surface area contributed by atoms with Crippen molar-refractivity contribution < 1.29 is 9.66 Å². The summed E-state index contributed by atoms with van der Waals surface area (Å²) in [4.78, 5) is 31.8. The Labute approximate surface area is 190 Å². The maximum Gasteiger partial charge on any atom is 0.277 e. The zero-order valence-corrected chi connectivity index (χ0v) is 18.6. The van der Waals surface area contributed by atoms with Crippen molar-refractivity contribution in [3.8, 4) is 17.1 Å². The van der Waals surface area contributed by atoms with Crippen molar-refractivity contribution in [3.05, 3.63) is 80.3 Å².